The standard InChI is InChI=1S/C14H20N4O7S/c1-16(2)11-6-5-10(7-12(11)18(21)22)26(23,24)15-8-14(20)25-9-13(19)17(3)4/h5-7,15H,8-9H2,1-4H3. The van der Waals surface area contributed by atoms with E-state index in [1.807, 2.05) is 4.72 Å². The molecule has 0 aliphatic heterocycles. The largest absolute Gasteiger partial charge is 0.455 e. The average molecular weight is 388 g/mol. The molecule has 0 unspecified atom stereocenters. The second-order valence-electron chi connectivity index (χ2n) is 5.58. The van der Waals surface area contributed by atoms with Crippen molar-refractivity contribution in [2.75, 3.05) is 46.2 Å². The van der Waals surface area contributed by atoms with Crippen molar-refractivity contribution in [3.8, 4) is 0 Å². The molecule has 0 radical (unpaired) electrons. The number of ether oxygens (including phenoxy) is 1. The monoisotopic (exact) mass is 388 g/mol. The summed E-state index contributed by atoms with van der Waals surface area (Å²) < 4.78 is 31.0. The number of sulfonamides is 1. The van der Waals surface area contributed by atoms with Gasteiger partial charge in [0.25, 0.3) is 11.6 Å². The third kappa shape index (κ3) is 5.67. The minimum atomic E-state index is -4.18. The van der Waals surface area contributed by atoms with Crippen LogP contribution in [0.15, 0.2) is 23.1 Å². The topological polar surface area (TPSA) is 139 Å². The highest BCUT2D eigenvalue weighted by molar-refractivity contribution is 7.89. The Balaban J connectivity index is 2.85. The van der Waals surface area contributed by atoms with Gasteiger partial charge in [-0.2, -0.15) is 4.72 Å². The summed E-state index contributed by atoms with van der Waals surface area (Å²) >= 11 is 0. The smallest absolute Gasteiger partial charge is 0.321 e. The van der Waals surface area contributed by atoms with Crippen LogP contribution in [0.3, 0.4) is 0 Å². The van der Waals surface area contributed by atoms with Crippen LogP contribution in [0.4, 0.5) is 11.4 Å². The minimum Gasteiger partial charge on any atom is -0.455 e. The number of nitro groups is 1. The predicted molar refractivity (Wildman–Crippen MR) is 92.3 cm³/mol. The lowest BCUT2D eigenvalue weighted by atomic mass is 10.2. The number of hydrogen-bond acceptors (Lipinski definition) is 8. The van der Waals surface area contributed by atoms with Crippen LogP contribution in [0.5, 0.6) is 0 Å². The van der Waals surface area contributed by atoms with Gasteiger partial charge in [0.2, 0.25) is 10.0 Å². The molecule has 11 nitrogen and oxygen atoms in total. The molecule has 1 amide bonds. The van der Waals surface area contributed by atoms with E-state index in [1.54, 1.807) is 14.1 Å². The van der Waals surface area contributed by atoms with Gasteiger partial charge in [0.05, 0.1) is 9.82 Å². The molecule has 0 heterocycles. The molecule has 0 fully saturated rings. The van der Waals surface area contributed by atoms with E-state index in [4.69, 9.17) is 0 Å². The number of hydrogen-bond donors (Lipinski definition) is 1. The van der Waals surface area contributed by atoms with E-state index >= 15 is 0 Å². The molecular weight excluding hydrogens is 368 g/mol. The first-order valence-electron chi connectivity index (χ1n) is 7.27. The van der Waals surface area contributed by atoms with Gasteiger partial charge >= 0.3 is 5.97 Å². The number of likely N-dealkylation sites (N-methyl/N-ethyl adjacent to an activating group) is 1. The highest BCUT2D eigenvalue weighted by Crippen LogP contribution is 2.29. The summed E-state index contributed by atoms with van der Waals surface area (Å²) in [6, 6.07) is 3.38. The van der Waals surface area contributed by atoms with Crippen molar-refractivity contribution < 1.29 is 27.7 Å². The van der Waals surface area contributed by atoms with Gasteiger partial charge in [0.1, 0.15) is 12.2 Å². The fraction of sp³-hybridized carbons (Fsp3) is 0.429. The van der Waals surface area contributed by atoms with Gasteiger partial charge in [-0.1, -0.05) is 0 Å². The van der Waals surface area contributed by atoms with Crippen molar-refractivity contribution in [3.05, 3.63) is 28.3 Å². The Morgan fingerprint density at radius 3 is 2.35 bits per heavy atom. The number of benzene rings is 1. The Bertz CT molecular complexity index is 806. The lowest BCUT2D eigenvalue weighted by Gasteiger charge is -2.14. The van der Waals surface area contributed by atoms with Crippen molar-refractivity contribution in [2.24, 2.45) is 0 Å². The van der Waals surface area contributed by atoms with Gasteiger partial charge in [-0.05, 0) is 12.1 Å². The van der Waals surface area contributed by atoms with Crippen LogP contribution < -0.4 is 9.62 Å². The number of nitro benzene ring substituents is 1. The molecule has 0 spiro atoms. The number of esters is 1. The zero-order valence-corrected chi connectivity index (χ0v) is 15.6. The van der Waals surface area contributed by atoms with Crippen LogP contribution in [0.25, 0.3) is 0 Å². The predicted octanol–water partition coefficient (Wildman–Crippen LogP) is -0.429. The van der Waals surface area contributed by atoms with E-state index in [0.29, 0.717) is 0 Å². The van der Waals surface area contributed by atoms with Gasteiger partial charge in [-0.3, -0.25) is 19.7 Å². The summed E-state index contributed by atoms with van der Waals surface area (Å²) in [6.07, 6.45) is 0. The minimum absolute atomic E-state index is 0.232. The molecule has 0 saturated heterocycles. The van der Waals surface area contributed by atoms with Crippen LogP contribution in [-0.2, 0) is 24.3 Å². The molecule has 1 rings (SSSR count). The highest BCUT2D eigenvalue weighted by atomic mass is 32.2. The number of amides is 1. The van der Waals surface area contributed by atoms with Crippen molar-refractivity contribution in [3.63, 3.8) is 0 Å². The molecule has 1 N–H and O–H groups in total. The second-order valence-corrected chi connectivity index (χ2v) is 7.34. The third-order valence-electron chi connectivity index (χ3n) is 3.20. The van der Waals surface area contributed by atoms with Crippen molar-refractivity contribution in [1.29, 1.82) is 0 Å². The first-order chi connectivity index (χ1) is 12.0. The fourth-order valence-corrected chi connectivity index (χ4v) is 2.74. The Morgan fingerprint density at radius 1 is 1.23 bits per heavy atom. The zero-order valence-electron chi connectivity index (χ0n) is 14.8. The van der Waals surface area contributed by atoms with Crippen molar-refractivity contribution >= 4 is 33.3 Å². The van der Waals surface area contributed by atoms with Crippen molar-refractivity contribution in [1.82, 2.24) is 9.62 Å². The van der Waals surface area contributed by atoms with Crippen LogP contribution in [0.2, 0.25) is 0 Å². The lowest BCUT2D eigenvalue weighted by molar-refractivity contribution is -0.384. The fourth-order valence-electron chi connectivity index (χ4n) is 1.75. The molecule has 12 heteroatoms. The Morgan fingerprint density at radius 2 is 1.85 bits per heavy atom. The maximum absolute atomic E-state index is 12.2. The van der Waals surface area contributed by atoms with Gasteiger partial charge in [-0.25, -0.2) is 8.42 Å². The number of nitrogens with zero attached hydrogens (tertiary/aromatic N) is 3. The number of carbonyl (C=O) groups excluding carboxylic acids is 2. The van der Waals surface area contributed by atoms with E-state index in [9.17, 15) is 28.1 Å². The summed E-state index contributed by atoms with van der Waals surface area (Å²) in [6.45, 7) is -1.23. The van der Waals surface area contributed by atoms with Gasteiger partial charge in [-0.15, -0.1) is 0 Å². The third-order valence-corrected chi connectivity index (χ3v) is 4.60. The van der Waals surface area contributed by atoms with Gasteiger partial charge in [0.15, 0.2) is 6.61 Å². The van der Waals surface area contributed by atoms with E-state index in [1.165, 1.54) is 36.0 Å². The Labute approximate surface area is 150 Å². The van der Waals surface area contributed by atoms with E-state index in [-0.39, 0.29) is 10.6 Å². The Kier molecular flexibility index (Phi) is 7.03. The normalized spacial score (nSPS) is 10.9. The average Bonchev–Trinajstić information content (AvgIpc) is 2.56. The summed E-state index contributed by atoms with van der Waals surface area (Å²) in [5, 5.41) is 11.1. The summed E-state index contributed by atoms with van der Waals surface area (Å²) in [5.41, 5.74) is -0.160. The van der Waals surface area contributed by atoms with Gasteiger partial charge in [0, 0.05) is 34.3 Å². The Hall–Kier alpha value is -2.73. The summed E-state index contributed by atoms with van der Waals surface area (Å²) in [5.74, 6) is -1.42. The molecule has 144 valence electrons. The summed E-state index contributed by atoms with van der Waals surface area (Å²) in [7, 11) is 1.94. The molecule has 0 aliphatic rings. The molecule has 26 heavy (non-hydrogen) atoms. The van der Waals surface area contributed by atoms with E-state index in [0.717, 1.165) is 6.07 Å². The maximum Gasteiger partial charge on any atom is 0.321 e. The zero-order chi connectivity index (χ0) is 20.1. The SMILES string of the molecule is CN(C)C(=O)COC(=O)CNS(=O)(=O)c1ccc(N(C)C)c([N+](=O)[O-])c1. The molecule has 1 aromatic rings. The van der Waals surface area contributed by atoms with Crippen LogP contribution in [0, 0.1) is 10.1 Å². The molecule has 0 aliphatic carbocycles. The number of carbonyl (C=O) groups is 2. The second kappa shape index (κ2) is 8.58. The number of nitrogens with one attached hydrogen (secondary N) is 1. The van der Waals surface area contributed by atoms with Gasteiger partial charge < -0.3 is 14.5 Å². The first kappa shape index (κ1) is 21.3. The highest BCUT2D eigenvalue weighted by Gasteiger charge is 2.23. The maximum atomic E-state index is 12.2. The molecule has 0 saturated carbocycles. The lowest BCUT2D eigenvalue weighted by Crippen LogP contribution is -2.33. The van der Waals surface area contributed by atoms with Crippen LogP contribution >= 0.6 is 0 Å². The van der Waals surface area contributed by atoms with Crippen molar-refractivity contribution in [2.45, 2.75) is 4.90 Å². The molecule has 0 aromatic heterocycles. The molecular formula is C14H20N4O7S. The van der Waals surface area contributed by atoms with E-state index in [2.05, 4.69) is 4.74 Å². The molecule has 0 atom stereocenters. The van der Waals surface area contributed by atoms with Crippen LogP contribution in [-0.4, -0.2) is 71.5 Å². The quantitative estimate of drug-likeness (QED) is 0.359. The number of rotatable bonds is 8. The van der Waals surface area contributed by atoms with Crippen LogP contribution in [0.1, 0.15) is 0 Å². The summed E-state index contributed by atoms with van der Waals surface area (Å²) in [4.78, 5) is 35.6. The number of anilines is 1. The first-order valence-corrected chi connectivity index (χ1v) is 8.75. The van der Waals surface area contributed by atoms with E-state index < -0.39 is 45.7 Å². The molecule has 0 bridgehead atoms. The molecule has 1 aromatic carbocycles.